The fourth-order valence-electron chi connectivity index (χ4n) is 3.68. The van der Waals surface area contributed by atoms with Crippen LogP contribution in [-0.4, -0.2) is 52.1 Å². The average Bonchev–Trinajstić information content (AvgIpc) is 3.12. The SMILES string of the molecule is CC(C)COC(=O)[C@H](C)NP(=O)(OC[C@H]1O[C@@H](n2ccc(=O)[nH]c2=O)[C@](C)(C#N)[C@@H]1O)Oc1ccccc1. The van der Waals surface area contributed by atoms with Gasteiger partial charge in [0.25, 0.3) is 5.56 Å². The number of aromatic nitrogens is 2. The minimum atomic E-state index is -4.28. The number of H-pyrrole nitrogens is 1. The van der Waals surface area contributed by atoms with Crippen molar-refractivity contribution in [1.82, 2.24) is 14.6 Å². The summed E-state index contributed by atoms with van der Waals surface area (Å²) in [7, 11) is -4.28. The first-order valence-electron chi connectivity index (χ1n) is 11.9. The number of aliphatic hydroxyl groups is 1. The Balaban J connectivity index is 1.82. The number of nitrogens with one attached hydrogen (secondary N) is 2. The number of carbonyl (C=O) groups excluding carboxylic acids is 1. The number of aliphatic hydroxyl groups excluding tert-OH is 1. The summed E-state index contributed by atoms with van der Waals surface area (Å²) in [6, 6.07) is 10.0. The van der Waals surface area contributed by atoms with Crippen LogP contribution in [0.15, 0.2) is 52.2 Å². The lowest BCUT2D eigenvalue weighted by Crippen LogP contribution is -2.41. The summed E-state index contributed by atoms with van der Waals surface area (Å²) >= 11 is 0. The van der Waals surface area contributed by atoms with Crippen LogP contribution in [-0.2, 0) is 23.4 Å². The van der Waals surface area contributed by atoms with Crippen LogP contribution in [0.2, 0.25) is 0 Å². The van der Waals surface area contributed by atoms with E-state index in [2.05, 4.69) is 10.1 Å². The highest BCUT2D eigenvalue weighted by atomic mass is 31.2. The highest BCUT2D eigenvalue weighted by molar-refractivity contribution is 7.52. The number of aromatic amines is 1. The van der Waals surface area contributed by atoms with Crippen molar-refractivity contribution in [3.63, 3.8) is 0 Å². The highest BCUT2D eigenvalue weighted by Crippen LogP contribution is 2.48. The monoisotopic (exact) mass is 550 g/mol. The molecule has 38 heavy (non-hydrogen) atoms. The van der Waals surface area contributed by atoms with Crippen molar-refractivity contribution in [1.29, 1.82) is 5.26 Å². The van der Waals surface area contributed by atoms with E-state index in [1.54, 1.807) is 18.2 Å². The van der Waals surface area contributed by atoms with Gasteiger partial charge in [-0.05, 0) is 31.9 Å². The van der Waals surface area contributed by atoms with Gasteiger partial charge in [0.05, 0.1) is 19.3 Å². The molecule has 1 aromatic heterocycles. The van der Waals surface area contributed by atoms with Crippen molar-refractivity contribution in [3.05, 3.63) is 63.4 Å². The Morgan fingerprint density at radius 3 is 2.58 bits per heavy atom. The minimum absolute atomic E-state index is 0.0908. The Morgan fingerprint density at radius 1 is 1.29 bits per heavy atom. The molecule has 0 aliphatic carbocycles. The van der Waals surface area contributed by atoms with E-state index in [9.17, 15) is 29.3 Å². The van der Waals surface area contributed by atoms with Gasteiger partial charge in [0.15, 0.2) is 6.23 Å². The molecule has 1 aromatic carbocycles. The third-order valence-electron chi connectivity index (χ3n) is 5.77. The number of nitrogens with zero attached hydrogens (tertiary/aromatic N) is 2. The van der Waals surface area contributed by atoms with Crippen LogP contribution >= 0.6 is 7.75 Å². The van der Waals surface area contributed by atoms with E-state index in [0.29, 0.717) is 0 Å². The second-order valence-corrected chi connectivity index (χ2v) is 11.1. The molecular weight excluding hydrogens is 519 g/mol. The highest BCUT2D eigenvalue weighted by Gasteiger charge is 2.55. The number of rotatable bonds is 11. The minimum Gasteiger partial charge on any atom is -0.464 e. The van der Waals surface area contributed by atoms with E-state index in [0.717, 1.165) is 16.8 Å². The summed E-state index contributed by atoms with van der Waals surface area (Å²) < 4.78 is 36.8. The molecule has 1 unspecified atom stereocenters. The Morgan fingerprint density at radius 2 is 1.97 bits per heavy atom. The number of hydrogen-bond donors (Lipinski definition) is 3. The summed E-state index contributed by atoms with van der Waals surface area (Å²) in [6.07, 6.45) is -2.88. The zero-order valence-corrected chi connectivity index (χ0v) is 22.3. The molecule has 3 rings (SSSR count). The molecule has 206 valence electrons. The molecule has 0 saturated carbocycles. The predicted molar refractivity (Wildman–Crippen MR) is 134 cm³/mol. The van der Waals surface area contributed by atoms with Gasteiger partial charge in [-0.15, -0.1) is 0 Å². The molecule has 0 radical (unpaired) electrons. The first kappa shape index (κ1) is 29.3. The molecule has 0 amide bonds. The van der Waals surface area contributed by atoms with Crippen LogP contribution in [0.4, 0.5) is 0 Å². The lowest BCUT2D eigenvalue weighted by Gasteiger charge is -2.26. The van der Waals surface area contributed by atoms with E-state index in [4.69, 9.17) is 18.5 Å². The molecule has 2 aromatic rings. The first-order valence-corrected chi connectivity index (χ1v) is 13.4. The standard InChI is InChI=1S/C24H31N4O9P/c1-15(2)12-34-21(31)16(3)27-38(33,37-17-8-6-5-7-9-17)35-13-18-20(30)24(4,14-25)22(36-18)28-11-10-19(29)26-23(28)32/h5-11,15-16,18,20,22,30H,12-13H2,1-4H3,(H,27,33)(H,26,29,32)/t16-,18+,20+,22+,24+,38?/m0/s1. The number of para-hydroxylation sites is 1. The third kappa shape index (κ3) is 6.78. The molecule has 1 fully saturated rings. The van der Waals surface area contributed by atoms with Crippen LogP contribution in [0.1, 0.15) is 33.9 Å². The summed E-state index contributed by atoms with van der Waals surface area (Å²) in [5.74, 6) is -0.405. The van der Waals surface area contributed by atoms with Gasteiger partial charge in [-0.2, -0.15) is 10.3 Å². The van der Waals surface area contributed by atoms with Crippen molar-refractivity contribution in [3.8, 4) is 11.8 Å². The van der Waals surface area contributed by atoms with Gasteiger partial charge in [0, 0.05) is 12.3 Å². The summed E-state index contributed by atoms with van der Waals surface area (Å²) in [6.45, 7) is 6.17. The molecule has 6 atom stereocenters. The largest absolute Gasteiger partial charge is 0.464 e. The van der Waals surface area contributed by atoms with Gasteiger partial charge >= 0.3 is 19.4 Å². The molecule has 13 nitrogen and oxygen atoms in total. The molecule has 14 heteroatoms. The van der Waals surface area contributed by atoms with Crippen LogP contribution in [0, 0.1) is 22.7 Å². The van der Waals surface area contributed by atoms with Crippen molar-refractivity contribution in [2.45, 2.75) is 52.2 Å². The number of carbonyl (C=O) groups is 1. The van der Waals surface area contributed by atoms with Gasteiger partial charge in [0.1, 0.15) is 29.4 Å². The van der Waals surface area contributed by atoms with E-state index >= 15 is 0 Å². The molecule has 3 N–H and O–H groups in total. The molecule has 1 aliphatic heterocycles. The third-order valence-corrected chi connectivity index (χ3v) is 7.41. The number of nitriles is 1. The molecule has 0 bridgehead atoms. The predicted octanol–water partition coefficient (Wildman–Crippen LogP) is 1.71. The molecule has 2 heterocycles. The van der Waals surface area contributed by atoms with Gasteiger partial charge < -0.3 is 19.1 Å². The maximum atomic E-state index is 13.7. The number of ether oxygens (including phenoxy) is 2. The first-order chi connectivity index (χ1) is 17.9. The van der Waals surface area contributed by atoms with E-state index in [1.165, 1.54) is 26.0 Å². The molecule has 1 saturated heterocycles. The number of benzene rings is 1. The number of hydrogen-bond acceptors (Lipinski definition) is 10. The Hall–Kier alpha value is -3.27. The lowest BCUT2D eigenvalue weighted by molar-refractivity contribution is -0.146. The Bertz CT molecular complexity index is 1320. The molecular formula is C24H31N4O9P. The van der Waals surface area contributed by atoms with Crippen molar-refractivity contribution < 1.29 is 33.0 Å². The van der Waals surface area contributed by atoms with Crippen LogP contribution < -0.4 is 20.9 Å². The van der Waals surface area contributed by atoms with E-state index in [1.807, 2.05) is 19.9 Å². The summed E-state index contributed by atoms with van der Waals surface area (Å²) in [5, 5.41) is 23.3. The molecule has 0 spiro atoms. The second-order valence-electron chi connectivity index (χ2n) is 9.46. The summed E-state index contributed by atoms with van der Waals surface area (Å²) in [5.41, 5.74) is -3.12. The van der Waals surface area contributed by atoms with Crippen LogP contribution in [0.25, 0.3) is 0 Å². The van der Waals surface area contributed by atoms with Crippen molar-refractivity contribution in [2.75, 3.05) is 13.2 Å². The van der Waals surface area contributed by atoms with Gasteiger partial charge in [-0.1, -0.05) is 32.0 Å². The Kier molecular flexibility index (Phi) is 9.30. The van der Waals surface area contributed by atoms with Gasteiger partial charge in [-0.25, -0.2) is 9.36 Å². The van der Waals surface area contributed by atoms with E-state index < -0.39 is 61.5 Å². The average molecular weight is 551 g/mol. The van der Waals surface area contributed by atoms with Gasteiger partial charge in [-0.3, -0.25) is 23.7 Å². The van der Waals surface area contributed by atoms with Gasteiger partial charge in [0.2, 0.25) is 0 Å². The number of esters is 1. The maximum absolute atomic E-state index is 13.7. The topological polar surface area (TPSA) is 182 Å². The molecule has 1 aliphatic rings. The van der Waals surface area contributed by atoms with Crippen molar-refractivity contribution >= 4 is 13.7 Å². The van der Waals surface area contributed by atoms with E-state index in [-0.39, 0.29) is 18.3 Å². The quantitative estimate of drug-likeness (QED) is 0.274. The maximum Gasteiger partial charge on any atom is 0.459 e. The van der Waals surface area contributed by atoms with Crippen molar-refractivity contribution in [2.24, 2.45) is 11.3 Å². The zero-order chi connectivity index (χ0) is 28.1. The summed E-state index contributed by atoms with van der Waals surface area (Å²) in [4.78, 5) is 38.3. The fourth-order valence-corrected chi connectivity index (χ4v) is 5.18. The van der Waals surface area contributed by atoms with Crippen LogP contribution in [0.3, 0.4) is 0 Å². The zero-order valence-electron chi connectivity index (χ0n) is 21.4. The van der Waals surface area contributed by atoms with Crippen LogP contribution in [0.5, 0.6) is 5.75 Å². The smallest absolute Gasteiger partial charge is 0.459 e. The normalized spacial score (nSPS) is 25.3. The second kappa shape index (κ2) is 12.1. The Labute approximate surface area is 218 Å². The fraction of sp³-hybridized carbons (Fsp3) is 0.500. The lowest BCUT2D eigenvalue weighted by atomic mass is 9.84.